The summed E-state index contributed by atoms with van der Waals surface area (Å²) in [6.07, 6.45) is 3.11. The fourth-order valence-corrected chi connectivity index (χ4v) is 3.66. The molecule has 0 aliphatic carbocycles. The Morgan fingerprint density at radius 3 is 2.48 bits per heavy atom. The SMILES string of the molecule is O=C(N/N=C/c1ccc(Cl)s1)/C(=C/c1cccs1)NC(=O)c1ccccc1. The Morgan fingerprint density at radius 1 is 1.00 bits per heavy atom. The minimum absolute atomic E-state index is 0.104. The topological polar surface area (TPSA) is 70.6 Å². The summed E-state index contributed by atoms with van der Waals surface area (Å²) in [6.45, 7) is 0. The number of carbonyl (C=O) groups excluding carboxylic acids is 2. The number of hydrogen-bond acceptors (Lipinski definition) is 5. The van der Waals surface area contributed by atoms with E-state index in [2.05, 4.69) is 15.8 Å². The van der Waals surface area contributed by atoms with Gasteiger partial charge in [0.25, 0.3) is 11.8 Å². The molecule has 0 saturated carbocycles. The van der Waals surface area contributed by atoms with Crippen molar-refractivity contribution in [2.24, 2.45) is 5.10 Å². The Labute approximate surface area is 169 Å². The van der Waals surface area contributed by atoms with Crippen molar-refractivity contribution in [3.05, 3.63) is 85.3 Å². The number of hydrazone groups is 1. The van der Waals surface area contributed by atoms with E-state index >= 15 is 0 Å². The number of nitrogens with zero attached hydrogens (tertiary/aromatic N) is 1. The van der Waals surface area contributed by atoms with E-state index in [9.17, 15) is 9.59 Å². The van der Waals surface area contributed by atoms with Crippen LogP contribution in [0.3, 0.4) is 0 Å². The number of amides is 2. The van der Waals surface area contributed by atoms with Crippen LogP contribution in [0.2, 0.25) is 4.34 Å². The smallest absolute Gasteiger partial charge is 0.287 e. The van der Waals surface area contributed by atoms with Crippen molar-refractivity contribution in [1.82, 2.24) is 10.7 Å². The molecule has 0 aliphatic rings. The molecule has 3 aromatic rings. The van der Waals surface area contributed by atoms with E-state index in [1.54, 1.807) is 42.5 Å². The van der Waals surface area contributed by atoms with Gasteiger partial charge in [0.1, 0.15) is 5.70 Å². The predicted molar refractivity (Wildman–Crippen MR) is 111 cm³/mol. The zero-order valence-corrected chi connectivity index (χ0v) is 16.3. The summed E-state index contributed by atoms with van der Waals surface area (Å²) < 4.78 is 0.635. The van der Waals surface area contributed by atoms with Gasteiger partial charge >= 0.3 is 0 Å². The number of hydrogen-bond donors (Lipinski definition) is 2. The Kier molecular flexibility index (Phi) is 6.54. The predicted octanol–water partition coefficient (Wildman–Crippen LogP) is 4.38. The highest BCUT2D eigenvalue weighted by atomic mass is 35.5. The zero-order chi connectivity index (χ0) is 19.1. The van der Waals surface area contributed by atoms with Crippen LogP contribution in [0.25, 0.3) is 6.08 Å². The number of rotatable bonds is 6. The molecule has 0 atom stereocenters. The van der Waals surface area contributed by atoms with E-state index < -0.39 is 5.91 Å². The number of thiophene rings is 2. The average Bonchev–Trinajstić information content (AvgIpc) is 3.33. The van der Waals surface area contributed by atoms with Gasteiger partial charge in [-0.3, -0.25) is 9.59 Å². The first-order chi connectivity index (χ1) is 13.1. The van der Waals surface area contributed by atoms with Crippen molar-refractivity contribution >= 4 is 58.4 Å². The molecule has 2 amide bonds. The molecule has 8 heteroatoms. The molecule has 0 aliphatic heterocycles. The molecule has 136 valence electrons. The molecular weight excluding hydrogens is 402 g/mol. The van der Waals surface area contributed by atoms with Crippen LogP contribution in [-0.2, 0) is 4.79 Å². The summed E-state index contributed by atoms with van der Waals surface area (Å²) in [4.78, 5) is 26.6. The van der Waals surface area contributed by atoms with Gasteiger partial charge in [-0.25, -0.2) is 5.43 Å². The van der Waals surface area contributed by atoms with Crippen molar-refractivity contribution in [3.8, 4) is 0 Å². The molecule has 2 N–H and O–H groups in total. The normalized spacial score (nSPS) is 11.5. The van der Waals surface area contributed by atoms with Gasteiger partial charge in [-0.05, 0) is 41.8 Å². The third kappa shape index (κ3) is 5.62. The van der Waals surface area contributed by atoms with Crippen LogP contribution < -0.4 is 10.7 Å². The largest absolute Gasteiger partial charge is 0.317 e. The monoisotopic (exact) mass is 415 g/mol. The second kappa shape index (κ2) is 9.27. The highest BCUT2D eigenvalue weighted by Gasteiger charge is 2.14. The number of nitrogens with one attached hydrogen (secondary N) is 2. The molecule has 5 nitrogen and oxygen atoms in total. The van der Waals surface area contributed by atoms with Crippen molar-refractivity contribution in [1.29, 1.82) is 0 Å². The van der Waals surface area contributed by atoms with Crippen molar-refractivity contribution in [2.45, 2.75) is 0 Å². The molecular formula is C19H14ClN3O2S2. The Balaban J connectivity index is 1.74. The van der Waals surface area contributed by atoms with E-state index in [1.165, 1.54) is 28.9 Å². The summed E-state index contributed by atoms with van der Waals surface area (Å²) >= 11 is 8.66. The van der Waals surface area contributed by atoms with Gasteiger partial charge in [-0.15, -0.1) is 22.7 Å². The molecule has 0 spiro atoms. The Bertz CT molecular complexity index is 980. The number of carbonyl (C=O) groups is 2. The summed E-state index contributed by atoms with van der Waals surface area (Å²) in [5.74, 6) is -0.894. The fourth-order valence-electron chi connectivity index (χ4n) is 2.07. The maximum atomic E-state index is 12.5. The van der Waals surface area contributed by atoms with E-state index in [1.807, 2.05) is 23.6 Å². The molecule has 0 fully saturated rings. The summed E-state index contributed by atoms with van der Waals surface area (Å²) in [6, 6.07) is 15.9. The second-order valence-electron chi connectivity index (χ2n) is 5.23. The molecule has 2 aromatic heterocycles. The van der Waals surface area contributed by atoms with E-state index in [0.717, 1.165) is 9.75 Å². The first kappa shape index (κ1) is 19.0. The summed E-state index contributed by atoms with van der Waals surface area (Å²) in [5, 5.41) is 8.46. The minimum Gasteiger partial charge on any atom is -0.317 e. The van der Waals surface area contributed by atoms with Gasteiger partial charge < -0.3 is 5.32 Å². The molecule has 27 heavy (non-hydrogen) atoms. The van der Waals surface area contributed by atoms with Crippen molar-refractivity contribution in [3.63, 3.8) is 0 Å². The third-order valence-corrected chi connectivity index (χ3v) is 5.30. The lowest BCUT2D eigenvalue weighted by atomic mass is 10.2. The molecule has 0 bridgehead atoms. The van der Waals surface area contributed by atoms with Crippen LogP contribution >= 0.6 is 34.3 Å². The molecule has 1 aromatic carbocycles. The van der Waals surface area contributed by atoms with Gasteiger partial charge in [-0.2, -0.15) is 5.10 Å². The van der Waals surface area contributed by atoms with Gasteiger partial charge in [0.15, 0.2) is 0 Å². The lowest BCUT2D eigenvalue weighted by Crippen LogP contribution is -2.32. The highest BCUT2D eigenvalue weighted by molar-refractivity contribution is 7.17. The zero-order valence-electron chi connectivity index (χ0n) is 13.9. The summed E-state index contributed by atoms with van der Waals surface area (Å²) in [5.41, 5.74) is 2.99. The lowest BCUT2D eigenvalue weighted by Gasteiger charge is -2.08. The molecule has 0 radical (unpaired) electrons. The van der Waals surface area contributed by atoms with Gasteiger partial charge in [-0.1, -0.05) is 35.9 Å². The summed E-state index contributed by atoms with van der Waals surface area (Å²) in [7, 11) is 0. The van der Waals surface area contributed by atoms with Gasteiger partial charge in [0.2, 0.25) is 0 Å². The average molecular weight is 416 g/mol. The Morgan fingerprint density at radius 2 is 1.81 bits per heavy atom. The first-order valence-corrected chi connectivity index (χ1v) is 9.89. The van der Waals surface area contributed by atoms with Gasteiger partial charge in [0.05, 0.1) is 10.6 Å². The maximum absolute atomic E-state index is 12.5. The lowest BCUT2D eigenvalue weighted by molar-refractivity contribution is -0.117. The van der Waals surface area contributed by atoms with E-state index in [-0.39, 0.29) is 11.6 Å². The number of benzene rings is 1. The molecule has 0 saturated heterocycles. The highest BCUT2D eigenvalue weighted by Crippen LogP contribution is 2.19. The number of halogens is 1. The van der Waals surface area contributed by atoms with Crippen molar-refractivity contribution < 1.29 is 9.59 Å². The quantitative estimate of drug-likeness (QED) is 0.356. The van der Waals surface area contributed by atoms with Crippen LogP contribution in [0, 0.1) is 0 Å². The third-order valence-electron chi connectivity index (χ3n) is 3.31. The van der Waals surface area contributed by atoms with Crippen molar-refractivity contribution in [2.75, 3.05) is 0 Å². The van der Waals surface area contributed by atoms with Gasteiger partial charge in [0, 0.05) is 15.3 Å². The van der Waals surface area contributed by atoms with Crippen LogP contribution in [0.5, 0.6) is 0 Å². The second-order valence-corrected chi connectivity index (χ2v) is 7.96. The molecule has 0 unspecified atom stereocenters. The Hall–Kier alpha value is -2.74. The fraction of sp³-hybridized carbons (Fsp3) is 0. The first-order valence-electron chi connectivity index (χ1n) is 7.82. The molecule has 3 rings (SSSR count). The van der Waals surface area contributed by atoms with E-state index in [0.29, 0.717) is 9.90 Å². The maximum Gasteiger partial charge on any atom is 0.287 e. The van der Waals surface area contributed by atoms with Crippen LogP contribution in [0.1, 0.15) is 20.1 Å². The van der Waals surface area contributed by atoms with Crippen LogP contribution in [0.4, 0.5) is 0 Å². The van der Waals surface area contributed by atoms with Crippen LogP contribution in [-0.4, -0.2) is 18.0 Å². The minimum atomic E-state index is -0.522. The van der Waals surface area contributed by atoms with E-state index in [4.69, 9.17) is 11.6 Å². The van der Waals surface area contributed by atoms with Crippen LogP contribution in [0.15, 0.2) is 70.8 Å². The standard InChI is InChI=1S/C19H14ClN3O2S2/c20-17-9-8-15(27-17)12-21-23-19(25)16(11-14-7-4-10-26-14)22-18(24)13-5-2-1-3-6-13/h1-12H,(H,22,24)(H,23,25)/b16-11-,21-12+. The molecule has 2 heterocycles.